The first-order chi connectivity index (χ1) is 7.39. The lowest BCUT2D eigenvalue weighted by atomic mass is 9.91. The van der Waals surface area contributed by atoms with Crippen molar-refractivity contribution in [2.75, 3.05) is 32.8 Å². The van der Waals surface area contributed by atoms with Crippen molar-refractivity contribution >= 4 is 0 Å². The van der Waals surface area contributed by atoms with Crippen LogP contribution in [0.25, 0.3) is 0 Å². The molecular formula is C10H18F3NO2. The van der Waals surface area contributed by atoms with Gasteiger partial charge in [-0.25, -0.2) is 0 Å². The number of piperidine rings is 1. The van der Waals surface area contributed by atoms with Crippen molar-refractivity contribution in [2.45, 2.75) is 31.5 Å². The maximum Gasteiger partial charge on any atom is 0.417 e. The Balaban J connectivity index is 2.33. The molecule has 0 unspecified atom stereocenters. The minimum absolute atomic E-state index is 0.247. The third-order valence-corrected chi connectivity index (χ3v) is 2.97. The third kappa shape index (κ3) is 3.33. The molecular weight excluding hydrogens is 223 g/mol. The molecule has 1 N–H and O–H groups in total. The van der Waals surface area contributed by atoms with Gasteiger partial charge in [0.2, 0.25) is 0 Å². The van der Waals surface area contributed by atoms with Crippen LogP contribution < -0.4 is 0 Å². The van der Waals surface area contributed by atoms with Gasteiger partial charge in [-0.1, -0.05) is 0 Å². The first-order valence-electron chi connectivity index (χ1n) is 5.48. The van der Waals surface area contributed by atoms with E-state index in [0.717, 1.165) is 0 Å². The van der Waals surface area contributed by atoms with E-state index in [4.69, 9.17) is 4.74 Å². The second-order valence-corrected chi connectivity index (χ2v) is 4.07. The minimum Gasteiger partial charge on any atom is -0.380 e. The SMILES string of the molecule is CCOCCN1CCC(O)(C(F)(F)F)CC1. The summed E-state index contributed by atoms with van der Waals surface area (Å²) in [5.74, 6) is 0. The summed E-state index contributed by atoms with van der Waals surface area (Å²) in [4.78, 5) is 1.88. The fraction of sp³-hybridized carbons (Fsp3) is 1.00. The second kappa shape index (κ2) is 5.33. The van der Waals surface area contributed by atoms with Crippen LogP contribution in [0.15, 0.2) is 0 Å². The first-order valence-corrected chi connectivity index (χ1v) is 5.48. The molecule has 1 rings (SSSR count). The molecule has 0 saturated carbocycles. The predicted molar refractivity (Wildman–Crippen MR) is 53.2 cm³/mol. The van der Waals surface area contributed by atoms with Gasteiger partial charge in [-0.05, 0) is 19.8 Å². The highest BCUT2D eigenvalue weighted by molar-refractivity contribution is 4.91. The maximum atomic E-state index is 12.5. The molecule has 3 nitrogen and oxygen atoms in total. The van der Waals surface area contributed by atoms with Gasteiger partial charge in [-0.15, -0.1) is 0 Å². The van der Waals surface area contributed by atoms with Crippen LogP contribution in [-0.4, -0.2) is 54.6 Å². The number of nitrogens with zero attached hydrogens (tertiary/aromatic N) is 1. The number of aliphatic hydroxyl groups is 1. The Morgan fingerprint density at radius 3 is 2.31 bits per heavy atom. The predicted octanol–water partition coefficient (Wildman–Crippen LogP) is 1.41. The van der Waals surface area contributed by atoms with Gasteiger partial charge in [0.25, 0.3) is 0 Å². The number of hydrogen-bond donors (Lipinski definition) is 1. The molecule has 0 bridgehead atoms. The molecule has 6 heteroatoms. The van der Waals surface area contributed by atoms with E-state index >= 15 is 0 Å². The number of ether oxygens (including phenoxy) is 1. The van der Waals surface area contributed by atoms with E-state index in [0.29, 0.717) is 19.8 Å². The van der Waals surface area contributed by atoms with E-state index in [2.05, 4.69) is 0 Å². The van der Waals surface area contributed by atoms with Gasteiger partial charge in [0.1, 0.15) is 0 Å². The van der Waals surface area contributed by atoms with E-state index in [1.165, 1.54) is 0 Å². The van der Waals surface area contributed by atoms with Crippen molar-refractivity contribution in [1.29, 1.82) is 0 Å². The lowest BCUT2D eigenvalue weighted by molar-refractivity contribution is -0.272. The minimum atomic E-state index is -4.51. The third-order valence-electron chi connectivity index (χ3n) is 2.97. The van der Waals surface area contributed by atoms with Crippen LogP contribution in [0.3, 0.4) is 0 Å². The summed E-state index contributed by atoms with van der Waals surface area (Å²) in [5, 5.41) is 9.41. The molecule has 1 aliphatic rings. The quantitative estimate of drug-likeness (QED) is 0.755. The number of rotatable bonds is 4. The Morgan fingerprint density at radius 2 is 1.88 bits per heavy atom. The Hall–Kier alpha value is -0.330. The molecule has 0 atom stereocenters. The number of halogens is 3. The van der Waals surface area contributed by atoms with Crippen molar-refractivity contribution in [3.63, 3.8) is 0 Å². The van der Waals surface area contributed by atoms with E-state index < -0.39 is 11.8 Å². The van der Waals surface area contributed by atoms with Crippen molar-refractivity contribution < 1.29 is 23.0 Å². The van der Waals surface area contributed by atoms with Gasteiger partial charge in [-0.2, -0.15) is 13.2 Å². The van der Waals surface area contributed by atoms with E-state index in [9.17, 15) is 18.3 Å². The molecule has 0 aliphatic carbocycles. The molecule has 96 valence electrons. The van der Waals surface area contributed by atoms with Gasteiger partial charge in [0, 0.05) is 26.2 Å². The van der Waals surface area contributed by atoms with Gasteiger partial charge in [0.15, 0.2) is 5.60 Å². The highest BCUT2D eigenvalue weighted by atomic mass is 19.4. The maximum absolute atomic E-state index is 12.5. The Kier molecular flexibility index (Phi) is 4.58. The first kappa shape index (κ1) is 13.7. The smallest absolute Gasteiger partial charge is 0.380 e. The molecule has 1 saturated heterocycles. The summed E-state index contributed by atoms with van der Waals surface area (Å²) < 4.78 is 42.5. The Bertz CT molecular complexity index is 213. The van der Waals surface area contributed by atoms with Gasteiger partial charge in [-0.3, -0.25) is 0 Å². The number of alkyl halides is 3. The van der Waals surface area contributed by atoms with E-state index in [1.807, 2.05) is 11.8 Å². The van der Waals surface area contributed by atoms with Crippen LogP contribution in [0.1, 0.15) is 19.8 Å². The van der Waals surface area contributed by atoms with Gasteiger partial charge in [0.05, 0.1) is 6.61 Å². The van der Waals surface area contributed by atoms with E-state index in [1.54, 1.807) is 0 Å². The van der Waals surface area contributed by atoms with Gasteiger partial charge >= 0.3 is 6.18 Å². The summed E-state index contributed by atoms with van der Waals surface area (Å²) in [6.07, 6.45) is -5.01. The van der Waals surface area contributed by atoms with Crippen LogP contribution in [0.2, 0.25) is 0 Å². The standard InChI is InChI=1S/C10H18F3NO2/c1-2-16-8-7-14-5-3-9(15,4-6-14)10(11,12)13/h15H,2-8H2,1H3. The largest absolute Gasteiger partial charge is 0.417 e. The van der Waals surface area contributed by atoms with Crippen LogP contribution >= 0.6 is 0 Å². The van der Waals surface area contributed by atoms with Crippen molar-refractivity contribution in [2.24, 2.45) is 0 Å². The fourth-order valence-corrected chi connectivity index (χ4v) is 1.77. The average Bonchev–Trinajstić information content (AvgIpc) is 2.20. The van der Waals surface area contributed by atoms with Crippen molar-refractivity contribution in [3.8, 4) is 0 Å². The molecule has 0 spiro atoms. The zero-order valence-electron chi connectivity index (χ0n) is 9.39. The second-order valence-electron chi connectivity index (χ2n) is 4.07. The summed E-state index contributed by atoms with van der Waals surface area (Å²) in [7, 11) is 0. The lowest BCUT2D eigenvalue weighted by Gasteiger charge is -2.39. The van der Waals surface area contributed by atoms with Gasteiger partial charge < -0.3 is 14.7 Å². The summed E-state index contributed by atoms with van der Waals surface area (Å²) >= 11 is 0. The van der Waals surface area contributed by atoms with Crippen LogP contribution in [0.4, 0.5) is 13.2 Å². The van der Waals surface area contributed by atoms with Crippen molar-refractivity contribution in [3.05, 3.63) is 0 Å². The number of likely N-dealkylation sites (tertiary alicyclic amines) is 1. The van der Waals surface area contributed by atoms with E-state index in [-0.39, 0.29) is 25.9 Å². The summed E-state index contributed by atoms with van der Waals surface area (Å²) in [5.41, 5.74) is -2.49. The Morgan fingerprint density at radius 1 is 1.31 bits per heavy atom. The molecule has 0 radical (unpaired) electrons. The molecule has 16 heavy (non-hydrogen) atoms. The average molecular weight is 241 g/mol. The fourth-order valence-electron chi connectivity index (χ4n) is 1.77. The molecule has 0 aromatic carbocycles. The Labute approximate surface area is 93.2 Å². The molecule has 1 aliphatic heterocycles. The molecule has 0 amide bonds. The normalized spacial score (nSPS) is 22.3. The highest BCUT2D eigenvalue weighted by Crippen LogP contribution is 2.38. The summed E-state index contributed by atoms with van der Waals surface area (Å²) in [6, 6.07) is 0. The topological polar surface area (TPSA) is 32.7 Å². The highest BCUT2D eigenvalue weighted by Gasteiger charge is 2.54. The van der Waals surface area contributed by atoms with Crippen molar-refractivity contribution in [1.82, 2.24) is 4.90 Å². The zero-order valence-corrected chi connectivity index (χ0v) is 9.39. The van der Waals surface area contributed by atoms with Crippen LogP contribution in [0.5, 0.6) is 0 Å². The molecule has 1 heterocycles. The van der Waals surface area contributed by atoms with Crippen LogP contribution in [-0.2, 0) is 4.74 Å². The zero-order chi connectivity index (χ0) is 12.2. The lowest BCUT2D eigenvalue weighted by Crippen LogP contribution is -2.53. The molecule has 1 fully saturated rings. The number of hydrogen-bond acceptors (Lipinski definition) is 3. The summed E-state index contributed by atoms with van der Waals surface area (Å²) in [6.45, 7) is 4.17. The molecule has 0 aromatic rings. The monoisotopic (exact) mass is 241 g/mol. The van der Waals surface area contributed by atoms with Crippen LogP contribution in [0, 0.1) is 0 Å². The molecule has 0 aromatic heterocycles.